The first kappa shape index (κ1) is 15.3. The maximum Gasteiger partial charge on any atom is 0.261 e. The highest BCUT2D eigenvalue weighted by Crippen LogP contribution is 2.26. The van der Waals surface area contributed by atoms with Crippen molar-refractivity contribution >= 4 is 38.9 Å². The molecule has 0 radical (unpaired) electrons. The van der Waals surface area contributed by atoms with E-state index in [9.17, 15) is 13.2 Å². The Balaban J connectivity index is 2.29. The zero-order chi connectivity index (χ0) is 15.5. The van der Waals surface area contributed by atoms with Crippen LogP contribution in [0.5, 0.6) is 0 Å². The summed E-state index contributed by atoms with van der Waals surface area (Å²) in [6, 6.07) is 12.6. The van der Waals surface area contributed by atoms with E-state index in [4.69, 9.17) is 11.6 Å². The van der Waals surface area contributed by atoms with Crippen LogP contribution in [0.4, 0.5) is 11.4 Å². The number of hydrogen-bond acceptors (Lipinski definition) is 3. The summed E-state index contributed by atoms with van der Waals surface area (Å²) in [7, 11) is -3.73. The summed E-state index contributed by atoms with van der Waals surface area (Å²) >= 11 is 5.98. The van der Waals surface area contributed by atoms with E-state index in [0.29, 0.717) is 11.4 Å². The number of rotatable bonds is 4. The van der Waals surface area contributed by atoms with E-state index >= 15 is 0 Å². The molecule has 0 unspecified atom stereocenters. The number of para-hydroxylation sites is 1. The molecule has 0 aliphatic carbocycles. The summed E-state index contributed by atoms with van der Waals surface area (Å²) < 4.78 is 26.9. The number of carbonyl (C=O) groups excluding carboxylic acids is 1. The molecule has 0 fully saturated rings. The number of sulfonamides is 1. The van der Waals surface area contributed by atoms with Crippen LogP contribution in [0.2, 0.25) is 5.02 Å². The molecule has 110 valence electrons. The molecule has 0 aromatic heterocycles. The van der Waals surface area contributed by atoms with Crippen LogP contribution in [0.15, 0.2) is 53.4 Å². The number of amides is 1. The average Bonchev–Trinajstić information content (AvgIpc) is 2.41. The lowest BCUT2D eigenvalue weighted by Crippen LogP contribution is -2.13. The molecule has 5 nitrogen and oxygen atoms in total. The Morgan fingerprint density at radius 2 is 1.76 bits per heavy atom. The molecule has 2 N–H and O–H groups in total. The molecule has 1 amide bonds. The van der Waals surface area contributed by atoms with Crippen molar-refractivity contribution in [2.45, 2.75) is 11.8 Å². The Labute approximate surface area is 128 Å². The van der Waals surface area contributed by atoms with Gasteiger partial charge in [0.05, 0.1) is 15.6 Å². The molecule has 0 bridgehead atoms. The van der Waals surface area contributed by atoms with E-state index in [1.807, 2.05) is 0 Å². The second-order valence-electron chi connectivity index (χ2n) is 4.29. The van der Waals surface area contributed by atoms with Crippen molar-refractivity contribution in [1.29, 1.82) is 0 Å². The van der Waals surface area contributed by atoms with Crippen molar-refractivity contribution in [2.75, 3.05) is 10.0 Å². The molecule has 0 saturated carbocycles. The van der Waals surface area contributed by atoms with Gasteiger partial charge in [-0.15, -0.1) is 0 Å². The van der Waals surface area contributed by atoms with Gasteiger partial charge >= 0.3 is 0 Å². The second-order valence-corrected chi connectivity index (χ2v) is 6.38. The molecular formula is C14H13ClN2O3S. The Morgan fingerprint density at radius 1 is 1.10 bits per heavy atom. The maximum absolute atomic E-state index is 12.2. The minimum Gasteiger partial charge on any atom is -0.325 e. The summed E-state index contributed by atoms with van der Waals surface area (Å²) in [5, 5.41) is 2.67. The average molecular weight is 325 g/mol. The normalized spacial score (nSPS) is 11.0. The second kappa shape index (κ2) is 6.15. The van der Waals surface area contributed by atoms with Gasteiger partial charge in [0.15, 0.2) is 0 Å². The van der Waals surface area contributed by atoms with E-state index < -0.39 is 10.0 Å². The number of anilines is 2. The van der Waals surface area contributed by atoms with Crippen LogP contribution in [0.3, 0.4) is 0 Å². The Hall–Kier alpha value is -2.05. The lowest BCUT2D eigenvalue weighted by Gasteiger charge is -2.10. The summed E-state index contributed by atoms with van der Waals surface area (Å²) in [5.74, 6) is -0.282. The van der Waals surface area contributed by atoms with Gasteiger partial charge in [-0.1, -0.05) is 29.8 Å². The largest absolute Gasteiger partial charge is 0.325 e. The Bertz CT molecular complexity index is 761. The van der Waals surface area contributed by atoms with Crippen LogP contribution in [0.25, 0.3) is 0 Å². The van der Waals surface area contributed by atoms with Crippen LogP contribution in [-0.4, -0.2) is 14.3 Å². The van der Waals surface area contributed by atoms with Crippen molar-refractivity contribution in [3.63, 3.8) is 0 Å². The van der Waals surface area contributed by atoms with Crippen LogP contribution in [-0.2, 0) is 14.8 Å². The highest BCUT2D eigenvalue weighted by Gasteiger charge is 2.16. The van der Waals surface area contributed by atoms with E-state index in [0.717, 1.165) is 0 Å². The molecule has 0 atom stereocenters. The Kier molecular flexibility index (Phi) is 4.50. The van der Waals surface area contributed by atoms with E-state index in [-0.39, 0.29) is 15.8 Å². The minimum atomic E-state index is -3.73. The van der Waals surface area contributed by atoms with Gasteiger partial charge in [0.25, 0.3) is 10.0 Å². The topological polar surface area (TPSA) is 75.3 Å². The van der Waals surface area contributed by atoms with Crippen molar-refractivity contribution < 1.29 is 13.2 Å². The third-order valence-corrected chi connectivity index (χ3v) is 4.28. The standard InChI is InChI=1S/C14H13ClN2O3S/c1-10(18)16-14-8-7-12(9-13(14)15)21(19,20)17-11-5-3-2-4-6-11/h2-9,17H,1H3,(H,16,18). The zero-order valence-corrected chi connectivity index (χ0v) is 12.7. The molecule has 0 aliphatic heterocycles. The zero-order valence-electron chi connectivity index (χ0n) is 11.1. The monoisotopic (exact) mass is 324 g/mol. The molecule has 2 aromatic carbocycles. The number of hydrogen-bond donors (Lipinski definition) is 2. The van der Waals surface area contributed by atoms with Gasteiger partial charge in [0.1, 0.15) is 0 Å². The third-order valence-electron chi connectivity index (χ3n) is 2.59. The third kappa shape index (κ3) is 3.96. The van der Waals surface area contributed by atoms with Gasteiger partial charge < -0.3 is 5.32 Å². The summed E-state index contributed by atoms with van der Waals surface area (Å²) in [5.41, 5.74) is 0.822. The molecule has 2 rings (SSSR count). The molecule has 0 saturated heterocycles. The van der Waals surface area contributed by atoms with E-state index in [1.54, 1.807) is 30.3 Å². The molecular weight excluding hydrogens is 312 g/mol. The molecule has 21 heavy (non-hydrogen) atoms. The van der Waals surface area contributed by atoms with Gasteiger partial charge in [-0.25, -0.2) is 8.42 Å². The van der Waals surface area contributed by atoms with Crippen molar-refractivity contribution in [3.8, 4) is 0 Å². The van der Waals surface area contributed by atoms with Crippen LogP contribution in [0.1, 0.15) is 6.92 Å². The number of carbonyl (C=O) groups is 1. The number of halogens is 1. The summed E-state index contributed by atoms with van der Waals surface area (Å²) in [6.07, 6.45) is 0. The summed E-state index contributed by atoms with van der Waals surface area (Å²) in [6.45, 7) is 1.35. The number of nitrogens with one attached hydrogen (secondary N) is 2. The first-order valence-electron chi connectivity index (χ1n) is 6.03. The minimum absolute atomic E-state index is 0.0189. The van der Waals surface area contributed by atoms with Gasteiger partial charge in [-0.3, -0.25) is 9.52 Å². The smallest absolute Gasteiger partial charge is 0.261 e. The first-order valence-corrected chi connectivity index (χ1v) is 7.89. The van der Waals surface area contributed by atoms with E-state index in [2.05, 4.69) is 10.0 Å². The van der Waals surface area contributed by atoms with Crippen molar-refractivity contribution in [1.82, 2.24) is 0 Å². The molecule has 2 aromatic rings. The number of benzene rings is 2. The Morgan fingerprint density at radius 3 is 2.33 bits per heavy atom. The fourth-order valence-electron chi connectivity index (χ4n) is 1.67. The van der Waals surface area contributed by atoms with Gasteiger partial charge in [0, 0.05) is 12.6 Å². The van der Waals surface area contributed by atoms with Crippen LogP contribution >= 0.6 is 11.6 Å². The quantitative estimate of drug-likeness (QED) is 0.907. The van der Waals surface area contributed by atoms with Crippen LogP contribution < -0.4 is 10.0 Å². The van der Waals surface area contributed by atoms with Crippen molar-refractivity contribution in [2.24, 2.45) is 0 Å². The predicted molar refractivity (Wildman–Crippen MR) is 83.0 cm³/mol. The fraction of sp³-hybridized carbons (Fsp3) is 0.0714. The van der Waals surface area contributed by atoms with Crippen molar-refractivity contribution in [3.05, 3.63) is 53.6 Å². The SMILES string of the molecule is CC(=O)Nc1ccc(S(=O)(=O)Nc2ccccc2)cc1Cl. The molecule has 0 spiro atoms. The van der Waals surface area contributed by atoms with Gasteiger partial charge in [0.2, 0.25) is 5.91 Å². The lowest BCUT2D eigenvalue weighted by molar-refractivity contribution is -0.114. The highest BCUT2D eigenvalue weighted by molar-refractivity contribution is 7.92. The summed E-state index contributed by atoms with van der Waals surface area (Å²) in [4.78, 5) is 11.0. The van der Waals surface area contributed by atoms with Gasteiger partial charge in [-0.05, 0) is 30.3 Å². The van der Waals surface area contributed by atoms with Crippen LogP contribution in [0, 0.1) is 0 Å². The molecule has 0 heterocycles. The van der Waals surface area contributed by atoms with E-state index in [1.165, 1.54) is 25.1 Å². The molecule has 7 heteroatoms. The first-order chi connectivity index (χ1) is 9.88. The molecule has 0 aliphatic rings. The maximum atomic E-state index is 12.2. The highest BCUT2D eigenvalue weighted by atomic mass is 35.5. The predicted octanol–water partition coefficient (Wildman–Crippen LogP) is 3.10. The van der Waals surface area contributed by atoms with Gasteiger partial charge in [-0.2, -0.15) is 0 Å². The lowest BCUT2D eigenvalue weighted by atomic mass is 10.3. The fourth-order valence-corrected chi connectivity index (χ4v) is 3.05.